The number of hydrogen-bond donors (Lipinski definition) is 2. The number of amides is 1. The average molecular weight is 589 g/mol. The monoisotopic (exact) mass is 588 g/mol. The Balaban J connectivity index is 1.06. The van der Waals surface area contributed by atoms with E-state index >= 15 is 0 Å². The number of anilines is 2. The predicted octanol–water partition coefficient (Wildman–Crippen LogP) is 4.13. The zero-order valence-electron chi connectivity index (χ0n) is 23.8. The number of hydrogen-bond acceptors (Lipinski definition) is 7. The second kappa shape index (κ2) is 13.1. The summed E-state index contributed by atoms with van der Waals surface area (Å²) in [5.74, 6) is 1.14. The second-order valence-corrected chi connectivity index (χ2v) is 12.5. The maximum absolute atomic E-state index is 12.6. The van der Waals surface area contributed by atoms with Gasteiger partial charge in [-0.2, -0.15) is 0 Å². The zero-order valence-corrected chi connectivity index (χ0v) is 24.6. The summed E-state index contributed by atoms with van der Waals surface area (Å²) in [6, 6.07) is 24.7. The van der Waals surface area contributed by atoms with Gasteiger partial charge in [0.1, 0.15) is 18.7 Å². The molecule has 2 heterocycles. The Hall–Kier alpha value is -4.35. The van der Waals surface area contributed by atoms with Crippen molar-refractivity contribution in [1.82, 2.24) is 19.8 Å². The van der Waals surface area contributed by atoms with Gasteiger partial charge in [0.25, 0.3) is 0 Å². The first-order valence-electron chi connectivity index (χ1n) is 13.8. The Morgan fingerprint density at radius 3 is 2.40 bits per heavy atom. The number of carbonyl (C=O) groups excluding carboxylic acids is 1. The molecule has 1 fully saturated rings. The number of carbonyl (C=O) groups is 1. The van der Waals surface area contributed by atoms with Crippen LogP contribution in [0.2, 0.25) is 0 Å². The summed E-state index contributed by atoms with van der Waals surface area (Å²) in [5, 5.41) is 3.01. The molecule has 11 heteroatoms. The second-order valence-electron chi connectivity index (χ2n) is 10.7. The van der Waals surface area contributed by atoms with Gasteiger partial charge >= 0.3 is 6.03 Å². The van der Waals surface area contributed by atoms with E-state index in [1.165, 1.54) is 16.6 Å². The van der Waals surface area contributed by atoms with Crippen LogP contribution in [0.3, 0.4) is 0 Å². The minimum absolute atomic E-state index is 0.0310. The van der Waals surface area contributed by atoms with Gasteiger partial charge < -0.3 is 19.9 Å². The molecule has 1 amide bonds. The van der Waals surface area contributed by atoms with Crippen molar-refractivity contribution in [2.45, 2.75) is 6.61 Å². The first-order valence-corrected chi connectivity index (χ1v) is 15.5. The third-order valence-electron chi connectivity index (χ3n) is 7.03. The lowest BCUT2D eigenvalue weighted by Crippen LogP contribution is -2.51. The number of nitrogens with zero attached hydrogens (tertiary/aromatic N) is 4. The number of rotatable bonds is 12. The van der Waals surface area contributed by atoms with Crippen molar-refractivity contribution in [3.63, 3.8) is 0 Å². The summed E-state index contributed by atoms with van der Waals surface area (Å²) in [5.41, 5.74) is 4.21. The van der Waals surface area contributed by atoms with Crippen LogP contribution < -0.4 is 19.7 Å². The molecular weight excluding hydrogens is 552 g/mol. The van der Waals surface area contributed by atoms with E-state index in [4.69, 9.17) is 4.74 Å². The highest BCUT2D eigenvalue weighted by molar-refractivity contribution is 7.92. The summed E-state index contributed by atoms with van der Waals surface area (Å²) in [7, 11) is 0.276. The van der Waals surface area contributed by atoms with Gasteiger partial charge in [-0.1, -0.05) is 30.3 Å². The molecule has 0 spiro atoms. The van der Waals surface area contributed by atoms with Crippen molar-refractivity contribution >= 4 is 27.4 Å². The third-order valence-corrected chi connectivity index (χ3v) is 8.29. The Bertz CT molecular complexity index is 1570. The number of benzene rings is 3. The van der Waals surface area contributed by atoms with E-state index in [9.17, 15) is 13.2 Å². The highest BCUT2D eigenvalue weighted by Crippen LogP contribution is 2.24. The van der Waals surface area contributed by atoms with Crippen LogP contribution in [-0.2, 0) is 16.6 Å². The standard InChI is InChI=1S/C31H36N6O4S/c1-35(2)16-17-42(39,40)34-27-12-8-24(9-13-27)22-41-29-14-10-26(11-15-29)30-21-37(23-33-30)31(38)32-18-25-19-36(20-25)28-6-4-3-5-7-28/h3-15,21,23,25,34H,16-20,22H2,1-2H3,(H,32,38). The van der Waals surface area contributed by atoms with Gasteiger partial charge in [0.05, 0.1) is 11.4 Å². The van der Waals surface area contributed by atoms with Crippen molar-refractivity contribution in [1.29, 1.82) is 0 Å². The van der Waals surface area contributed by atoms with E-state index in [-0.39, 0.29) is 11.8 Å². The largest absolute Gasteiger partial charge is 0.489 e. The molecule has 1 aromatic heterocycles. The summed E-state index contributed by atoms with van der Waals surface area (Å²) in [4.78, 5) is 21.2. The number of aromatic nitrogens is 2. The molecule has 10 nitrogen and oxygen atoms in total. The van der Waals surface area contributed by atoms with Gasteiger partial charge in [-0.25, -0.2) is 18.2 Å². The molecule has 0 aliphatic carbocycles. The molecule has 42 heavy (non-hydrogen) atoms. The van der Waals surface area contributed by atoms with Crippen LogP contribution in [-0.4, -0.2) is 74.9 Å². The highest BCUT2D eigenvalue weighted by Gasteiger charge is 2.27. The summed E-state index contributed by atoms with van der Waals surface area (Å²) in [6.07, 6.45) is 3.25. The van der Waals surface area contributed by atoms with Gasteiger partial charge in [-0.15, -0.1) is 0 Å². The van der Waals surface area contributed by atoms with E-state index < -0.39 is 10.0 Å². The number of imidazole rings is 1. The maximum atomic E-state index is 12.6. The molecule has 3 aromatic carbocycles. The normalized spacial score (nSPS) is 13.5. The molecule has 0 unspecified atom stereocenters. The lowest BCUT2D eigenvalue weighted by molar-refractivity contribution is 0.238. The van der Waals surface area contributed by atoms with Crippen LogP contribution in [0.15, 0.2) is 91.4 Å². The van der Waals surface area contributed by atoms with Crippen molar-refractivity contribution in [3.8, 4) is 17.0 Å². The van der Waals surface area contributed by atoms with Gasteiger partial charge in [0, 0.05) is 55.2 Å². The van der Waals surface area contributed by atoms with E-state index in [0.717, 1.165) is 24.2 Å². The molecule has 4 aromatic rings. The molecular formula is C31H36N6O4S. The fourth-order valence-corrected chi connectivity index (χ4v) is 5.75. The van der Waals surface area contributed by atoms with Crippen LogP contribution in [0.25, 0.3) is 11.3 Å². The van der Waals surface area contributed by atoms with Crippen molar-refractivity contribution in [2.75, 3.05) is 55.6 Å². The van der Waals surface area contributed by atoms with E-state index in [1.807, 2.05) is 73.6 Å². The Kier molecular flexibility index (Phi) is 9.09. The van der Waals surface area contributed by atoms with Crippen LogP contribution in [0.4, 0.5) is 16.2 Å². The molecule has 1 aliphatic heterocycles. The van der Waals surface area contributed by atoms with Gasteiger partial charge in [-0.3, -0.25) is 9.29 Å². The lowest BCUT2D eigenvalue weighted by atomic mass is 9.99. The Labute approximate surface area is 247 Å². The molecule has 0 atom stereocenters. The zero-order chi connectivity index (χ0) is 29.5. The van der Waals surface area contributed by atoms with Crippen LogP contribution in [0.5, 0.6) is 5.75 Å². The summed E-state index contributed by atoms with van der Waals surface area (Å²) >= 11 is 0. The highest BCUT2D eigenvalue weighted by atomic mass is 32.2. The first kappa shape index (κ1) is 29.2. The summed E-state index contributed by atoms with van der Waals surface area (Å²) in [6.45, 7) is 3.27. The number of ether oxygens (including phenoxy) is 1. The quantitative estimate of drug-likeness (QED) is 0.256. The summed E-state index contributed by atoms with van der Waals surface area (Å²) < 4.78 is 34.4. The predicted molar refractivity (Wildman–Crippen MR) is 165 cm³/mol. The van der Waals surface area contributed by atoms with E-state index in [0.29, 0.717) is 42.7 Å². The smallest absolute Gasteiger partial charge is 0.326 e. The van der Waals surface area contributed by atoms with Gasteiger partial charge in [0.2, 0.25) is 10.0 Å². The van der Waals surface area contributed by atoms with Gasteiger partial charge in [-0.05, 0) is 68.2 Å². The Morgan fingerprint density at radius 2 is 1.71 bits per heavy atom. The minimum atomic E-state index is -3.40. The SMILES string of the molecule is CN(C)CCS(=O)(=O)Nc1ccc(COc2ccc(-c3cn(C(=O)NCC4CN(c5ccccc5)C4)cn3)cc2)cc1. The topological polar surface area (TPSA) is 109 Å². The molecule has 1 aliphatic rings. The minimum Gasteiger partial charge on any atom is -0.489 e. The number of sulfonamides is 1. The number of para-hydroxylation sites is 1. The van der Waals surface area contributed by atoms with Crippen LogP contribution in [0, 0.1) is 5.92 Å². The van der Waals surface area contributed by atoms with Crippen LogP contribution >= 0.6 is 0 Å². The van der Waals surface area contributed by atoms with Gasteiger partial charge in [0.15, 0.2) is 0 Å². The van der Waals surface area contributed by atoms with Crippen molar-refractivity contribution in [2.24, 2.45) is 5.92 Å². The van der Waals surface area contributed by atoms with Crippen molar-refractivity contribution < 1.29 is 17.9 Å². The number of nitrogens with one attached hydrogen (secondary N) is 2. The maximum Gasteiger partial charge on any atom is 0.326 e. The lowest BCUT2D eigenvalue weighted by Gasteiger charge is -2.41. The fourth-order valence-electron chi connectivity index (χ4n) is 4.55. The van der Waals surface area contributed by atoms with Crippen LogP contribution in [0.1, 0.15) is 5.56 Å². The molecule has 0 saturated carbocycles. The molecule has 0 bridgehead atoms. The molecule has 220 valence electrons. The van der Waals surface area contributed by atoms with E-state index in [2.05, 4.69) is 32.1 Å². The van der Waals surface area contributed by atoms with E-state index in [1.54, 1.807) is 18.3 Å². The average Bonchev–Trinajstić information content (AvgIpc) is 3.46. The fraction of sp³-hybridized carbons (Fsp3) is 0.290. The molecule has 2 N–H and O–H groups in total. The van der Waals surface area contributed by atoms with Crippen molar-refractivity contribution in [3.05, 3.63) is 97.0 Å². The third kappa shape index (κ3) is 7.89. The molecule has 5 rings (SSSR count). The Morgan fingerprint density at radius 1 is 1.00 bits per heavy atom. The molecule has 1 saturated heterocycles. The first-order chi connectivity index (χ1) is 20.2. The molecule has 0 radical (unpaired) electrons.